The van der Waals surface area contributed by atoms with Gasteiger partial charge in [0.25, 0.3) is 5.70 Å². The van der Waals surface area contributed by atoms with Gasteiger partial charge < -0.3 is 0 Å². The Morgan fingerprint density at radius 3 is 1.37 bits per heavy atom. The van der Waals surface area contributed by atoms with Crippen molar-refractivity contribution in [1.82, 2.24) is 19.9 Å². The summed E-state index contributed by atoms with van der Waals surface area (Å²) in [6.45, 7) is 16.4. The van der Waals surface area contributed by atoms with Gasteiger partial charge in [-0.3, -0.25) is 9.59 Å². The Kier molecular flexibility index (Phi) is 13.5. The molecule has 0 aliphatic heterocycles. The van der Waals surface area contributed by atoms with Gasteiger partial charge in [-0.15, -0.1) is 45.3 Å². The molecular formula is C82H42N8O2S8. The van der Waals surface area contributed by atoms with Crippen LogP contribution in [0.2, 0.25) is 0 Å². The summed E-state index contributed by atoms with van der Waals surface area (Å²) in [5.41, 5.74) is 18.3. The van der Waals surface area contributed by atoms with E-state index in [2.05, 4.69) is 154 Å². The monoisotopic (exact) mass is 1430 g/mol. The van der Waals surface area contributed by atoms with Crippen molar-refractivity contribution in [1.29, 1.82) is 15.8 Å². The Labute approximate surface area is 603 Å². The third-order valence-electron chi connectivity index (χ3n) is 19.7. The third kappa shape index (κ3) is 8.55. The predicted molar refractivity (Wildman–Crippen MR) is 410 cm³/mol. The minimum Gasteiger partial charge on any atom is -0.289 e. The molecule has 0 saturated heterocycles. The lowest BCUT2D eigenvalue weighted by Crippen LogP contribution is -2.30. The van der Waals surface area contributed by atoms with Crippen molar-refractivity contribution in [3.8, 4) is 58.9 Å². The molecule has 8 aromatic heterocycles. The summed E-state index contributed by atoms with van der Waals surface area (Å²) < 4.78 is 4.94. The molecule has 0 unspecified atom stereocenters. The zero-order valence-electron chi connectivity index (χ0n) is 53.0. The number of thiophene rings is 4. The van der Waals surface area contributed by atoms with Gasteiger partial charge in [-0.25, -0.2) is 30.0 Å². The first-order chi connectivity index (χ1) is 48.8. The van der Waals surface area contributed by atoms with Crippen LogP contribution in [0.25, 0.3) is 107 Å². The number of hydrogen-bond donors (Lipinski definition) is 0. The van der Waals surface area contributed by atoms with Crippen LogP contribution >= 0.6 is 90.7 Å². The fourth-order valence-electron chi connectivity index (χ4n) is 15.2. The van der Waals surface area contributed by atoms with E-state index in [0.29, 0.717) is 49.0 Å². The fourth-order valence-corrected chi connectivity index (χ4v) is 24.9. The molecule has 15 aromatic rings. The highest BCUT2D eigenvalue weighted by atomic mass is 32.1. The number of hydrogen-bond acceptors (Lipinski definition) is 17. The number of benzene rings is 7. The maximum atomic E-state index is 14.0. The van der Waals surface area contributed by atoms with E-state index in [0.717, 1.165) is 50.2 Å². The summed E-state index contributed by atoms with van der Waals surface area (Å²) in [6, 6.07) is 66.7. The fraction of sp³-hybridized carbons (Fsp3) is 0.0732. The molecule has 470 valence electrons. The minimum atomic E-state index is -0.763. The van der Waals surface area contributed by atoms with E-state index >= 15 is 0 Å². The maximum Gasteiger partial charge on any atom is 0.270 e. The first-order valence-corrected chi connectivity index (χ1v) is 38.3. The second kappa shape index (κ2) is 22.3. The van der Waals surface area contributed by atoms with Gasteiger partial charge in [0.05, 0.1) is 47.3 Å². The van der Waals surface area contributed by atoms with Crippen molar-refractivity contribution in [2.24, 2.45) is 0 Å². The Hall–Kier alpha value is -10.8. The van der Waals surface area contributed by atoms with Crippen LogP contribution in [-0.2, 0) is 10.8 Å². The second-order valence-electron chi connectivity index (χ2n) is 25.3. The number of aryl methyl sites for hydroxylation is 4. The molecule has 0 saturated carbocycles. The molecule has 4 aliphatic carbocycles. The number of carbonyl (C=O) groups excluding carboxylic acids is 2. The first kappa shape index (κ1) is 60.3. The predicted octanol–water partition coefficient (Wildman–Crippen LogP) is 22.2. The summed E-state index contributed by atoms with van der Waals surface area (Å²) in [5, 5.41) is 32.9. The molecule has 100 heavy (non-hydrogen) atoms. The molecule has 0 amide bonds. The Balaban J connectivity index is 0.784. The lowest BCUT2D eigenvalue weighted by molar-refractivity contribution is 0.103. The molecule has 18 heteroatoms. The third-order valence-corrected chi connectivity index (χ3v) is 29.1. The SMILES string of the molecule is [C-]#[N+]/C(C#N)=C1/C(=C/c2nc3sc(-c4cc5sc6c7c(sc6c5s4)-c4cc5c(cc4C7(c4ccc(C)cc4)c4ccc(C)cc4)-c4sc(-c6nc7sc(/C=C8\C(=O)c9ccccc9C8=C(C#N)C#N)nc7s6)cc4C5(c4ccc(C)cc4)c4ccc(C)cc4)nc3s2)C(=O)c2ccccc21. The minimum absolute atomic E-state index is 0.118. The number of carbonyl (C=O) groups is 2. The van der Waals surface area contributed by atoms with Gasteiger partial charge in [0.2, 0.25) is 0 Å². The number of fused-ring (bicyclic) bond motifs is 14. The van der Waals surface area contributed by atoms with Crippen molar-refractivity contribution in [2.75, 3.05) is 0 Å². The molecule has 7 aromatic carbocycles. The van der Waals surface area contributed by atoms with Crippen molar-refractivity contribution in [2.45, 2.75) is 38.5 Å². The average molecular weight is 1430 g/mol. The van der Waals surface area contributed by atoms with Crippen LogP contribution in [0, 0.1) is 68.3 Å². The highest BCUT2D eigenvalue weighted by Gasteiger charge is 2.54. The van der Waals surface area contributed by atoms with Crippen molar-refractivity contribution < 1.29 is 9.59 Å². The number of aromatic nitrogens is 4. The summed E-state index contributed by atoms with van der Waals surface area (Å²) in [5.74, 6) is -0.483. The van der Waals surface area contributed by atoms with Gasteiger partial charge in [0, 0.05) is 53.4 Å². The van der Waals surface area contributed by atoms with Crippen LogP contribution in [0.15, 0.2) is 192 Å². The lowest BCUT2D eigenvalue weighted by Gasteiger charge is -2.35. The topological polar surface area (TPSA) is 161 Å². The van der Waals surface area contributed by atoms with Crippen molar-refractivity contribution in [3.05, 3.63) is 303 Å². The van der Waals surface area contributed by atoms with Gasteiger partial charge in [0.1, 0.15) is 37.7 Å². The molecule has 8 heterocycles. The summed E-state index contributed by atoms with van der Waals surface area (Å²) in [6.07, 6.45) is 3.41. The van der Waals surface area contributed by atoms with Crippen LogP contribution in [0.1, 0.15) is 109 Å². The van der Waals surface area contributed by atoms with Crippen LogP contribution in [-0.4, -0.2) is 31.5 Å². The Morgan fingerprint density at radius 1 is 0.430 bits per heavy atom. The number of Topliss-reactive ketones (excluding diaryl/α,β-unsaturated/α-hetero) is 2. The maximum absolute atomic E-state index is 14.0. The van der Waals surface area contributed by atoms with Crippen molar-refractivity contribution in [3.63, 3.8) is 0 Å². The van der Waals surface area contributed by atoms with Crippen LogP contribution < -0.4 is 0 Å². The van der Waals surface area contributed by atoms with Crippen molar-refractivity contribution >= 4 is 164 Å². The largest absolute Gasteiger partial charge is 0.289 e. The van der Waals surface area contributed by atoms with Gasteiger partial charge in [-0.05, 0) is 125 Å². The van der Waals surface area contributed by atoms with Gasteiger partial charge in [-0.1, -0.05) is 213 Å². The van der Waals surface area contributed by atoms with Gasteiger partial charge in [-0.2, -0.15) is 10.5 Å². The highest BCUT2D eigenvalue weighted by Crippen LogP contribution is 2.68. The summed E-state index contributed by atoms with van der Waals surface area (Å²) >= 11 is 13.1. The van der Waals surface area contributed by atoms with Crippen LogP contribution in [0.4, 0.5) is 0 Å². The van der Waals surface area contributed by atoms with Gasteiger partial charge in [0.15, 0.2) is 30.9 Å². The molecule has 0 atom stereocenters. The molecular weight excluding hydrogens is 1390 g/mol. The van der Waals surface area contributed by atoms with Crippen LogP contribution in [0.5, 0.6) is 0 Å². The van der Waals surface area contributed by atoms with E-state index < -0.39 is 10.8 Å². The summed E-state index contributed by atoms with van der Waals surface area (Å²) in [7, 11) is 0. The molecule has 0 fully saturated rings. The zero-order valence-corrected chi connectivity index (χ0v) is 59.5. The Morgan fingerprint density at radius 2 is 0.880 bits per heavy atom. The number of nitrogens with zero attached hydrogens (tertiary/aromatic N) is 8. The quantitative estimate of drug-likeness (QED) is 0.0819. The van der Waals surface area contributed by atoms with E-state index in [1.54, 1.807) is 77.3 Å². The number of nitriles is 3. The number of rotatable bonds is 8. The average Bonchev–Trinajstić information content (AvgIpc) is 1.49. The molecule has 19 rings (SSSR count). The number of thiazole rings is 4. The molecule has 0 bridgehead atoms. The van der Waals surface area contributed by atoms with E-state index in [-0.39, 0.29) is 28.4 Å². The smallest absolute Gasteiger partial charge is 0.270 e. The van der Waals surface area contributed by atoms with Crippen LogP contribution in [0.3, 0.4) is 0 Å². The van der Waals surface area contributed by atoms with E-state index in [4.69, 9.17) is 26.5 Å². The standard InChI is InChI=1S/C82H42N8O2S8/c1-39-14-22-44(23-15-39)81(45-24-16-40(2)17-25-45)56-31-53-57(30-52(56)70-58(81)34-61(94-70)75-89-79-77(99-75)87-63(96-79)32-54-65(43(36-83)37-84)48-10-6-8-12-50(48)68(54)91)82(46-26-18-41(3)19-27-46,47-28-20-42(4)21-29-47)67-71(53)98-74-72-60(93-73(67)74)35-62(95-72)76-90-80-78(100-76)88-64(97-80)33-55-66(59(38-85)86-5)49-11-7-9-13-51(49)69(55)92/h6-35H,1-4H3/b54-32-,55-33-,66-59+. The second-order valence-corrected chi connectivity index (χ2v) is 33.4. The van der Waals surface area contributed by atoms with E-state index in [1.807, 2.05) is 46.9 Å². The highest BCUT2D eigenvalue weighted by molar-refractivity contribution is 7.41. The lowest BCUT2D eigenvalue weighted by atomic mass is 9.65. The zero-order chi connectivity index (χ0) is 67.8. The number of ketones is 2. The van der Waals surface area contributed by atoms with E-state index in [1.165, 1.54) is 141 Å². The van der Waals surface area contributed by atoms with E-state index in [9.17, 15) is 25.4 Å². The molecule has 10 nitrogen and oxygen atoms in total. The first-order valence-electron chi connectivity index (χ1n) is 31.7. The molecule has 0 radical (unpaired) electrons. The Bertz CT molecular complexity index is 6350. The number of allylic oxidation sites excluding steroid dienone is 6. The molecule has 0 N–H and O–H groups in total. The molecule has 4 aliphatic rings. The molecule has 0 spiro atoms. The normalized spacial score (nSPS) is 15.7. The summed E-state index contributed by atoms with van der Waals surface area (Å²) in [4.78, 5) is 59.4. The van der Waals surface area contributed by atoms with Gasteiger partial charge >= 0.3 is 0 Å².